The molecule has 6 nitrogen and oxygen atoms in total. The fraction of sp³-hybridized carbons (Fsp3) is 0.409. The number of amides is 1. The Labute approximate surface area is 176 Å². The van der Waals surface area contributed by atoms with Gasteiger partial charge >= 0.3 is 0 Å². The first kappa shape index (κ1) is 20.8. The van der Waals surface area contributed by atoms with Gasteiger partial charge in [0.15, 0.2) is 0 Å². The molecule has 30 heavy (non-hydrogen) atoms. The van der Waals surface area contributed by atoms with Crippen LogP contribution in [0.15, 0.2) is 54.6 Å². The highest BCUT2D eigenvalue weighted by Crippen LogP contribution is 2.29. The fourth-order valence-corrected chi connectivity index (χ4v) is 5.87. The van der Waals surface area contributed by atoms with Crippen molar-refractivity contribution >= 4 is 15.9 Å². The number of para-hydroxylation sites is 1. The van der Waals surface area contributed by atoms with Crippen molar-refractivity contribution in [2.45, 2.75) is 37.2 Å². The van der Waals surface area contributed by atoms with Gasteiger partial charge < -0.3 is 9.64 Å². The molecule has 8 heteroatoms. The van der Waals surface area contributed by atoms with E-state index in [-0.39, 0.29) is 24.4 Å². The Kier molecular flexibility index (Phi) is 6.06. The summed E-state index contributed by atoms with van der Waals surface area (Å²) >= 11 is 0. The van der Waals surface area contributed by atoms with E-state index in [1.807, 2.05) is 18.2 Å². The zero-order valence-electron chi connectivity index (χ0n) is 16.6. The lowest BCUT2D eigenvalue weighted by molar-refractivity contribution is -0.133. The minimum Gasteiger partial charge on any atom is -0.489 e. The third kappa shape index (κ3) is 4.49. The van der Waals surface area contributed by atoms with Crippen molar-refractivity contribution < 1.29 is 22.3 Å². The van der Waals surface area contributed by atoms with Crippen molar-refractivity contribution in [3.8, 4) is 5.75 Å². The summed E-state index contributed by atoms with van der Waals surface area (Å²) in [5.74, 6) is -0.617. The summed E-state index contributed by atoms with van der Waals surface area (Å²) in [6, 6.07) is 14.1. The molecule has 0 saturated carbocycles. The molecule has 0 bridgehead atoms. The molecule has 2 saturated heterocycles. The van der Waals surface area contributed by atoms with E-state index in [9.17, 15) is 17.6 Å². The number of nitrogens with zero attached hydrogens (tertiary/aromatic N) is 2. The zero-order valence-corrected chi connectivity index (χ0v) is 17.4. The maximum absolute atomic E-state index is 14.1. The van der Waals surface area contributed by atoms with Crippen LogP contribution < -0.4 is 4.74 Å². The van der Waals surface area contributed by atoms with Gasteiger partial charge in [0.1, 0.15) is 23.7 Å². The molecule has 0 spiro atoms. The van der Waals surface area contributed by atoms with Crippen LogP contribution in [-0.4, -0.2) is 55.3 Å². The van der Waals surface area contributed by atoms with Gasteiger partial charge in [0.25, 0.3) is 0 Å². The normalized spacial score (nSPS) is 22.4. The quantitative estimate of drug-likeness (QED) is 0.704. The van der Waals surface area contributed by atoms with E-state index in [4.69, 9.17) is 4.74 Å². The molecule has 0 aliphatic carbocycles. The predicted octanol–water partition coefficient (Wildman–Crippen LogP) is 2.80. The molecule has 2 aliphatic heterocycles. The van der Waals surface area contributed by atoms with Crippen molar-refractivity contribution in [2.24, 2.45) is 0 Å². The molecule has 2 unspecified atom stereocenters. The van der Waals surface area contributed by atoms with Crippen LogP contribution in [0.5, 0.6) is 5.75 Å². The average molecular weight is 433 g/mol. The van der Waals surface area contributed by atoms with Crippen LogP contribution in [0.1, 0.15) is 24.8 Å². The molecule has 0 N–H and O–H groups in total. The molecular weight excluding hydrogens is 407 g/mol. The van der Waals surface area contributed by atoms with E-state index in [0.29, 0.717) is 18.8 Å². The molecule has 4 rings (SSSR count). The fourth-order valence-electron chi connectivity index (χ4n) is 4.12. The van der Waals surface area contributed by atoms with Gasteiger partial charge in [-0.2, -0.15) is 4.31 Å². The van der Waals surface area contributed by atoms with Crippen LogP contribution in [0.2, 0.25) is 0 Å². The molecule has 0 radical (unpaired) electrons. The zero-order chi connectivity index (χ0) is 21.1. The predicted molar refractivity (Wildman–Crippen MR) is 111 cm³/mol. The second-order valence-corrected chi connectivity index (χ2v) is 9.68. The summed E-state index contributed by atoms with van der Waals surface area (Å²) in [6.45, 7) is 1.34. The molecule has 160 valence electrons. The summed E-state index contributed by atoms with van der Waals surface area (Å²) < 4.78 is 47.7. The van der Waals surface area contributed by atoms with Crippen LogP contribution in [0.25, 0.3) is 0 Å². The first-order valence-electron chi connectivity index (χ1n) is 10.2. The highest BCUT2D eigenvalue weighted by atomic mass is 32.2. The molecule has 2 aromatic rings. The number of halogens is 1. The van der Waals surface area contributed by atoms with Gasteiger partial charge in [-0.15, -0.1) is 0 Å². The monoisotopic (exact) mass is 432 g/mol. The molecular formula is C22H25FN2O4S. The summed E-state index contributed by atoms with van der Waals surface area (Å²) in [5, 5.41) is 0. The van der Waals surface area contributed by atoms with Crippen LogP contribution in [0.3, 0.4) is 0 Å². The highest BCUT2D eigenvalue weighted by molar-refractivity contribution is 7.88. The number of likely N-dealkylation sites (tertiary alicyclic amines) is 1. The Morgan fingerprint density at radius 1 is 1.03 bits per heavy atom. The Bertz CT molecular complexity index is 993. The number of carbonyl (C=O) groups is 1. The van der Waals surface area contributed by atoms with Gasteiger partial charge in [-0.05, 0) is 31.0 Å². The van der Waals surface area contributed by atoms with Gasteiger partial charge in [0.05, 0.1) is 12.3 Å². The summed E-state index contributed by atoms with van der Waals surface area (Å²) in [4.78, 5) is 14.8. The maximum Gasteiger partial charge on any atom is 0.241 e. The molecule has 2 heterocycles. The molecule has 0 aromatic heterocycles. The van der Waals surface area contributed by atoms with Crippen molar-refractivity contribution in [2.75, 3.05) is 19.6 Å². The highest BCUT2D eigenvalue weighted by Gasteiger charge is 2.46. The van der Waals surface area contributed by atoms with E-state index in [0.717, 1.165) is 12.8 Å². The Balaban J connectivity index is 1.58. The van der Waals surface area contributed by atoms with E-state index >= 15 is 0 Å². The van der Waals surface area contributed by atoms with Gasteiger partial charge in [-0.1, -0.05) is 36.4 Å². The number of sulfonamides is 1. The third-order valence-corrected chi connectivity index (χ3v) is 7.41. The Morgan fingerprint density at radius 2 is 1.70 bits per heavy atom. The molecule has 2 aliphatic rings. The van der Waals surface area contributed by atoms with Crippen LogP contribution >= 0.6 is 0 Å². The van der Waals surface area contributed by atoms with Gasteiger partial charge in [-0.3, -0.25) is 4.79 Å². The standard InChI is InChI=1S/C22H25FN2O4S/c23-20-11-5-4-8-17(20)16-30(27,28)25-15-19(29-18-9-2-1-3-10-18)14-21(25)22(26)24-12-6-7-13-24/h1-5,8-11,19,21H,6-7,12-16H2. The Morgan fingerprint density at radius 3 is 2.40 bits per heavy atom. The van der Waals surface area contributed by atoms with Gasteiger partial charge in [0.2, 0.25) is 15.9 Å². The number of benzene rings is 2. The van der Waals surface area contributed by atoms with Crippen LogP contribution in [0.4, 0.5) is 4.39 Å². The van der Waals surface area contributed by atoms with E-state index in [1.54, 1.807) is 23.1 Å². The first-order chi connectivity index (χ1) is 14.4. The van der Waals surface area contributed by atoms with E-state index in [2.05, 4.69) is 0 Å². The van der Waals surface area contributed by atoms with Crippen LogP contribution in [0, 0.1) is 5.82 Å². The third-order valence-electron chi connectivity index (χ3n) is 5.62. The second kappa shape index (κ2) is 8.73. The van der Waals surface area contributed by atoms with Gasteiger partial charge in [0, 0.05) is 25.1 Å². The number of hydrogen-bond donors (Lipinski definition) is 0. The molecule has 2 atom stereocenters. The van der Waals surface area contributed by atoms with Crippen molar-refractivity contribution in [3.63, 3.8) is 0 Å². The molecule has 2 fully saturated rings. The van der Waals surface area contributed by atoms with E-state index in [1.165, 1.54) is 22.5 Å². The number of carbonyl (C=O) groups excluding carboxylic acids is 1. The Hall–Kier alpha value is -2.45. The van der Waals surface area contributed by atoms with Crippen LogP contribution in [-0.2, 0) is 20.6 Å². The van der Waals surface area contributed by atoms with E-state index < -0.39 is 33.7 Å². The topological polar surface area (TPSA) is 66.9 Å². The van der Waals surface area contributed by atoms with Crippen molar-refractivity contribution in [3.05, 3.63) is 66.0 Å². The summed E-state index contributed by atoms with van der Waals surface area (Å²) in [5.41, 5.74) is 0.0947. The lowest BCUT2D eigenvalue weighted by Gasteiger charge is -2.26. The average Bonchev–Trinajstić information content (AvgIpc) is 3.40. The lowest BCUT2D eigenvalue weighted by atomic mass is 10.2. The number of ether oxygens (including phenoxy) is 1. The van der Waals surface area contributed by atoms with Crippen molar-refractivity contribution in [1.29, 1.82) is 0 Å². The second-order valence-electron chi connectivity index (χ2n) is 7.75. The largest absolute Gasteiger partial charge is 0.489 e. The summed E-state index contributed by atoms with van der Waals surface area (Å²) in [6.07, 6.45) is 1.68. The minimum atomic E-state index is -3.92. The maximum atomic E-state index is 14.1. The molecule has 1 amide bonds. The lowest BCUT2D eigenvalue weighted by Crippen LogP contribution is -2.47. The number of hydrogen-bond acceptors (Lipinski definition) is 4. The number of rotatable bonds is 6. The first-order valence-corrected chi connectivity index (χ1v) is 11.8. The minimum absolute atomic E-state index is 0.0654. The van der Waals surface area contributed by atoms with Gasteiger partial charge in [-0.25, -0.2) is 12.8 Å². The summed E-state index contributed by atoms with van der Waals surface area (Å²) in [7, 11) is -3.92. The smallest absolute Gasteiger partial charge is 0.241 e. The SMILES string of the molecule is O=C(C1CC(Oc2ccccc2)CN1S(=O)(=O)Cc1ccccc1F)N1CCCC1. The molecule has 2 aromatic carbocycles. The van der Waals surface area contributed by atoms with Crippen molar-refractivity contribution in [1.82, 2.24) is 9.21 Å².